The van der Waals surface area contributed by atoms with Gasteiger partial charge in [0.05, 0.1) is 10.7 Å². The largest absolute Gasteiger partial charge is 0.353 e. The van der Waals surface area contributed by atoms with Crippen LogP contribution >= 0.6 is 11.6 Å². The first-order valence-electron chi connectivity index (χ1n) is 5.65. The van der Waals surface area contributed by atoms with Gasteiger partial charge >= 0.3 is 0 Å². The van der Waals surface area contributed by atoms with E-state index in [1.807, 2.05) is 6.92 Å². The van der Waals surface area contributed by atoms with Crippen LogP contribution in [0.1, 0.15) is 13.3 Å². The highest BCUT2D eigenvalue weighted by Crippen LogP contribution is 2.20. The Balaban J connectivity index is 2.49. The van der Waals surface area contributed by atoms with Gasteiger partial charge in [0, 0.05) is 18.7 Å². The molecule has 0 fully saturated rings. The van der Waals surface area contributed by atoms with Crippen molar-refractivity contribution in [3.63, 3.8) is 0 Å². The number of carbonyl (C=O) groups excluding carboxylic acids is 2. The molecule has 1 aromatic rings. The van der Waals surface area contributed by atoms with Crippen LogP contribution in [-0.2, 0) is 9.59 Å². The lowest BCUT2D eigenvalue weighted by Crippen LogP contribution is -2.22. The SMILES string of the molecule is CCCNC(=O)C=CC(=O)Nc1ccccc1Cl. The zero-order valence-electron chi connectivity index (χ0n) is 10.1. The minimum atomic E-state index is -0.394. The van der Waals surface area contributed by atoms with Gasteiger partial charge in [0.2, 0.25) is 11.8 Å². The predicted octanol–water partition coefficient (Wildman–Crippen LogP) is 2.36. The zero-order chi connectivity index (χ0) is 13.4. The van der Waals surface area contributed by atoms with E-state index in [0.717, 1.165) is 6.42 Å². The van der Waals surface area contributed by atoms with Gasteiger partial charge in [-0.1, -0.05) is 30.7 Å². The number of hydrogen-bond donors (Lipinski definition) is 2. The van der Waals surface area contributed by atoms with Crippen LogP contribution in [-0.4, -0.2) is 18.4 Å². The van der Waals surface area contributed by atoms with Crippen molar-refractivity contribution < 1.29 is 9.59 Å². The second kappa shape index (κ2) is 7.50. The zero-order valence-corrected chi connectivity index (χ0v) is 10.8. The highest BCUT2D eigenvalue weighted by Gasteiger charge is 2.02. The van der Waals surface area contributed by atoms with Crippen LogP contribution in [0.5, 0.6) is 0 Å². The third kappa shape index (κ3) is 5.01. The van der Waals surface area contributed by atoms with Crippen molar-refractivity contribution in [2.75, 3.05) is 11.9 Å². The average molecular weight is 267 g/mol. The molecule has 2 amide bonds. The van der Waals surface area contributed by atoms with Crippen molar-refractivity contribution in [3.8, 4) is 0 Å². The summed E-state index contributed by atoms with van der Waals surface area (Å²) in [6.45, 7) is 2.55. The number of carbonyl (C=O) groups is 2. The molecule has 0 aliphatic rings. The molecule has 18 heavy (non-hydrogen) atoms. The van der Waals surface area contributed by atoms with Crippen LogP contribution in [0, 0.1) is 0 Å². The Bertz CT molecular complexity index is 458. The molecule has 1 rings (SSSR count). The summed E-state index contributed by atoms with van der Waals surface area (Å²) < 4.78 is 0. The van der Waals surface area contributed by atoms with Gasteiger partial charge in [0.15, 0.2) is 0 Å². The summed E-state index contributed by atoms with van der Waals surface area (Å²) in [5.41, 5.74) is 0.516. The maximum atomic E-state index is 11.5. The summed E-state index contributed by atoms with van der Waals surface area (Å²) in [7, 11) is 0. The predicted molar refractivity (Wildman–Crippen MR) is 72.5 cm³/mol. The minimum Gasteiger partial charge on any atom is -0.353 e. The Kier molecular flexibility index (Phi) is 5.94. The molecule has 5 heteroatoms. The number of halogens is 1. The molecule has 0 bridgehead atoms. The Labute approximate surface area is 111 Å². The lowest BCUT2D eigenvalue weighted by Gasteiger charge is -2.03. The fraction of sp³-hybridized carbons (Fsp3) is 0.231. The van der Waals surface area contributed by atoms with Gasteiger partial charge in [-0.3, -0.25) is 9.59 Å². The molecule has 0 unspecified atom stereocenters. The van der Waals surface area contributed by atoms with Crippen LogP contribution in [0.25, 0.3) is 0 Å². The maximum absolute atomic E-state index is 11.5. The van der Waals surface area contributed by atoms with Crippen molar-refractivity contribution >= 4 is 29.1 Å². The third-order valence-electron chi connectivity index (χ3n) is 2.07. The first kappa shape index (κ1) is 14.3. The molecule has 0 saturated carbocycles. The monoisotopic (exact) mass is 266 g/mol. The van der Waals surface area contributed by atoms with E-state index < -0.39 is 5.91 Å². The Hall–Kier alpha value is -1.81. The van der Waals surface area contributed by atoms with Crippen LogP contribution < -0.4 is 10.6 Å². The number of nitrogens with one attached hydrogen (secondary N) is 2. The lowest BCUT2D eigenvalue weighted by molar-refractivity contribution is -0.117. The minimum absolute atomic E-state index is 0.286. The van der Waals surface area contributed by atoms with Crippen LogP contribution in [0.3, 0.4) is 0 Å². The molecule has 0 heterocycles. The average Bonchev–Trinajstić information content (AvgIpc) is 2.36. The summed E-state index contributed by atoms with van der Waals surface area (Å²) in [6.07, 6.45) is 3.22. The van der Waals surface area contributed by atoms with E-state index >= 15 is 0 Å². The van der Waals surface area contributed by atoms with Crippen molar-refractivity contribution in [1.29, 1.82) is 0 Å². The normalized spacial score (nSPS) is 10.3. The maximum Gasteiger partial charge on any atom is 0.248 e. The molecule has 2 N–H and O–H groups in total. The van der Waals surface area contributed by atoms with Gasteiger partial charge in [-0.15, -0.1) is 0 Å². The van der Waals surface area contributed by atoms with Gasteiger partial charge in [0.25, 0.3) is 0 Å². The number of amides is 2. The number of para-hydroxylation sites is 1. The summed E-state index contributed by atoms with van der Waals surface area (Å²) >= 11 is 5.88. The van der Waals surface area contributed by atoms with Crippen molar-refractivity contribution in [3.05, 3.63) is 41.4 Å². The molecule has 4 nitrogen and oxygen atoms in total. The quantitative estimate of drug-likeness (QED) is 0.804. The molecule has 96 valence electrons. The fourth-order valence-electron chi connectivity index (χ4n) is 1.20. The Morgan fingerprint density at radius 3 is 2.56 bits per heavy atom. The highest BCUT2D eigenvalue weighted by atomic mass is 35.5. The second-order valence-corrected chi connectivity index (χ2v) is 4.00. The van der Waals surface area contributed by atoms with Gasteiger partial charge < -0.3 is 10.6 Å². The van der Waals surface area contributed by atoms with E-state index in [2.05, 4.69) is 10.6 Å². The number of rotatable bonds is 5. The molecule has 0 aliphatic carbocycles. The van der Waals surface area contributed by atoms with Crippen LogP contribution in [0.2, 0.25) is 5.02 Å². The first-order chi connectivity index (χ1) is 8.63. The lowest BCUT2D eigenvalue weighted by atomic mass is 10.3. The van der Waals surface area contributed by atoms with Gasteiger partial charge in [-0.25, -0.2) is 0 Å². The standard InChI is InChI=1S/C13H15ClN2O2/c1-2-9-15-12(17)7-8-13(18)16-11-6-4-3-5-10(11)14/h3-8H,2,9H2,1H3,(H,15,17)(H,16,18). The van der Waals surface area contributed by atoms with E-state index in [1.165, 1.54) is 12.2 Å². The molecular formula is C13H15ClN2O2. The topological polar surface area (TPSA) is 58.2 Å². The number of anilines is 1. The fourth-order valence-corrected chi connectivity index (χ4v) is 1.38. The van der Waals surface area contributed by atoms with E-state index in [0.29, 0.717) is 17.3 Å². The van der Waals surface area contributed by atoms with Crippen molar-refractivity contribution in [2.24, 2.45) is 0 Å². The molecule has 0 radical (unpaired) electrons. The summed E-state index contributed by atoms with van der Waals surface area (Å²) in [6, 6.07) is 6.89. The van der Waals surface area contributed by atoms with Crippen LogP contribution in [0.4, 0.5) is 5.69 Å². The van der Waals surface area contributed by atoms with Gasteiger partial charge in [-0.2, -0.15) is 0 Å². The van der Waals surface area contributed by atoms with E-state index in [4.69, 9.17) is 11.6 Å². The summed E-state index contributed by atoms with van der Waals surface area (Å²) in [5.74, 6) is -0.680. The van der Waals surface area contributed by atoms with Crippen molar-refractivity contribution in [2.45, 2.75) is 13.3 Å². The number of benzene rings is 1. The summed E-state index contributed by atoms with van der Waals surface area (Å²) in [4.78, 5) is 22.7. The highest BCUT2D eigenvalue weighted by molar-refractivity contribution is 6.33. The molecule has 0 atom stereocenters. The number of hydrogen-bond acceptors (Lipinski definition) is 2. The molecule has 0 saturated heterocycles. The second-order valence-electron chi connectivity index (χ2n) is 3.59. The molecular weight excluding hydrogens is 252 g/mol. The third-order valence-corrected chi connectivity index (χ3v) is 2.40. The Morgan fingerprint density at radius 1 is 1.22 bits per heavy atom. The van der Waals surface area contributed by atoms with E-state index in [9.17, 15) is 9.59 Å². The molecule has 0 spiro atoms. The summed E-state index contributed by atoms with van der Waals surface area (Å²) in [5, 5.41) is 5.67. The van der Waals surface area contributed by atoms with E-state index in [1.54, 1.807) is 24.3 Å². The molecule has 0 aromatic heterocycles. The van der Waals surface area contributed by atoms with Crippen LogP contribution in [0.15, 0.2) is 36.4 Å². The molecule has 1 aromatic carbocycles. The first-order valence-corrected chi connectivity index (χ1v) is 6.02. The van der Waals surface area contributed by atoms with E-state index in [-0.39, 0.29) is 5.91 Å². The Morgan fingerprint density at radius 2 is 1.89 bits per heavy atom. The smallest absolute Gasteiger partial charge is 0.248 e. The van der Waals surface area contributed by atoms with Crippen molar-refractivity contribution in [1.82, 2.24) is 5.32 Å². The van der Waals surface area contributed by atoms with Gasteiger partial charge in [-0.05, 0) is 18.6 Å². The molecule has 0 aliphatic heterocycles. The van der Waals surface area contributed by atoms with Gasteiger partial charge in [0.1, 0.15) is 0 Å².